The molecule has 0 radical (unpaired) electrons. The molecule has 1 saturated carbocycles. The third-order valence-electron chi connectivity index (χ3n) is 6.29. The summed E-state index contributed by atoms with van der Waals surface area (Å²) in [5.74, 6) is 8.12. The number of hydrogen-bond acceptors (Lipinski definition) is 2. The Morgan fingerprint density at radius 3 is 2.31 bits per heavy atom. The minimum atomic E-state index is 0.197. The van der Waals surface area contributed by atoms with Gasteiger partial charge in [0, 0.05) is 6.42 Å². The van der Waals surface area contributed by atoms with E-state index < -0.39 is 0 Å². The molecule has 3 aliphatic carbocycles. The second-order valence-corrected chi connectivity index (χ2v) is 8.57. The molecule has 0 aliphatic heterocycles. The lowest BCUT2D eigenvalue weighted by atomic mass is 9.83. The third-order valence-corrected chi connectivity index (χ3v) is 6.29. The zero-order chi connectivity index (χ0) is 17.9. The zero-order valence-electron chi connectivity index (χ0n) is 16.6. The van der Waals surface area contributed by atoms with Crippen molar-refractivity contribution < 1.29 is 9.47 Å². The number of allylic oxidation sites excluding steroid dienone is 1. The predicted octanol–water partition coefficient (Wildman–Crippen LogP) is 6.05. The lowest BCUT2D eigenvalue weighted by Gasteiger charge is -2.30. The Hall–Kier alpha value is -0.780. The van der Waals surface area contributed by atoms with Gasteiger partial charge in [0.05, 0.1) is 19.3 Å². The Bertz CT molecular complexity index is 464. The molecule has 2 atom stereocenters. The van der Waals surface area contributed by atoms with Crippen LogP contribution in [0.5, 0.6) is 0 Å². The summed E-state index contributed by atoms with van der Waals surface area (Å²) >= 11 is 0. The number of hydrogen-bond donors (Lipinski definition) is 0. The molecule has 1 fully saturated rings. The van der Waals surface area contributed by atoms with E-state index in [4.69, 9.17) is 9.47 Å². The van der Waals surface area contributed by atoms with Crippen LogP contribution in [-0.4, -0.2) is 25.4 Å². The highest BCUT2D eigenvalue weighted by atomic mass is 16.5. The molecule has 3 rings (SSSR count). The molecular formula is C24H38O2. The third kappa shape index (κ3) is 7.45. The van der Waals surface area contributed by atoms with Crippen LogP contribution in [0.1, 0.15) is 89.9 Å². The Morgan fingerprint density at radius 1 is 0.731 bits per heavy atom. The summed E-state index contributed by atoms with van der Waals surface area (Å²) in [6.07, 6.45) is 22.9. The molecule has 2 unspecified atom stereocenters. The minimum Gasteiger partial charge on any atom is -0.374 e. The van der Waals surface area contributed by atoms with Crippen LogP contribution in [0.25, 0.3) is 0 Å². The smallest absolute Gasteiger partial charge is 0.118 e. The van der Waals surface area contributed by atoms with Gasteiger partial charge in [-0.05, 0) is 76.0 Å². The van der Waals surface area contributed by atoms with Gasteiger partial charge < -0.3 is 9.47 Å². The van der Waals surface area contributed by atoms with Crippen LogP contribution in [0, 0.1) is 23.7 Å². The molecule has 2 nitrogen and oxygen atoms in total. The summed E-state index contributed by atoms with van der Waals surface area (Å²) in [7, 11) is 0. The quantitative estimate of drug-likeness (QED) is 0.425. The Labute approximate surface area is 161 Å². The first-order valence-corrected chi connectivity index (χ1v) is 11.3. The summed E-state index contributed by atoms with van der Waals surface area (Å²) < 4.78 is 12.4. The van der Waals surface area contributed by atoms with Crippen molar-refractivity contribution in [2.24, 2.45) is 11.8 Å². The molecule has 26 heavy (non-hydrogen) atoms. The number of ether oxygens (including phenoxy) is 2. The van der Waals surface area contributed by atoms with Crippen LogP contribution in [0.3, 0.4) is 0 Å². The van der Waals surface area contributed by atoms with Gasteiger partial charge in [-0.3, -0.25) is 0 Å². The minimum absolute atomic E-state index is 0.197. The zero-order valence-corrected chi connectivity index (χ0v) is 16.6. The van der Waals surface area contributed by atoms with Crippen molar-refractivity contribution in [1.29, 1.82) is 0 Å². The first-order valence-electron chi connectivity index (χ1n) is 11.3. The van der Waals surface area contributed by atoms with Gasteiger partial charge in [0.2, 0.25) is 0 Å². The van der Waals surface area contributed by atoms with Crippen molar-refractivity contribution in [3.63, 3.8) is 0 Å². The lowest BCUT2D eigenvalue weighted by Crippen LogP contribution is -2.25. The average molecular weight is 359 g/mol. The lowest BCUT2D eigenvalue weighted by molar-refractivity contribution is 0.0147. The van der Waals surface area contributed by atoms with Crippen LogP contribution in [-0.2, 0) is 9.47 Å². The molecule has 2 heteroatoms. The second-order valence-electron chi connectivity index (χ2n) is 8.57. The van der Waals surface area contributed by atoms with E-state index in [9.17, 15) is 0 Å². The van der Waals surface area contributed by atoms with Crippen LogP contribution < -0.4 is 0 Å². The summed E-state index contributed by atoms with van der Waals surface area (Å²) in [5.41, 5.74) is 0. The fraction of sp³-hybridized carbons (Fsp3) is 0.833. The molecule has 0 N–H and O–H groups in total. The van der Waals surface area contributed by atoms with Crippen LogP contribution in [0.15, 0.2) is 12.2 Å². The van der Waals surface area contributed by atoms with Crippen LogP contribution in [0.4, 0.5) is 0 Å². The van der Waals surface area contributed by atoms with Crippen molar-refractivity contribution in [2.75, 3.05) is 13.2 Å². The van der Waals surface area contributed by atoms with E-state index in [-0.39, 0.29) is 6.10 Å². The first-order chi connectivity index (χ1) is 12.9. The fourth-order valence-electron chi connectivity index (χ4n) is 4.45. The van der Waals surface area contributed by atoms with E-state index in [0.717, 1.165) is 37.9 Å². The highest BCUT2D eigenvalue weighted by Gasteiger charge is 2.23. The Balaban J connectivity index is 1.30. The second kappa shape index (κ2) is 11.8. The largest absolute Gasteiger partial charge is 0.374 e. The van der Waals surface area contributed by atoms with Gasteiger partial charge in [-0.15, -0.1) is 5.92 Å². The van der Waals surface area contributed by atoms with Crippen LogP contribution >= 0.6 is 0 Å². The first kappa shape index (κ1) is 20.0. The van der Waals surface area contributed by atoms with Gasteiger partial charge >= 0.3 is 0 Å². The number of rotatable bonds is 6. The van der Waals surface area contributed by atoms with Crippen molar-refractivity contribution in [3.05, 3.63) is 12.2 Å². The average Bonchev–Trinajstić information content (AvgIpc) is 2.61. The van der Waals surface area contributed by atoms with Crippen LogP contribution in [0.2, 0.25) is 0 Å². The van der Waals surface area contributed by atoms with Gasteiger partial charge in [-0.2, -0.15) is 0 Å². The van der Waals surface area contributed by atoms with Gasteiger partial charge in [0.25, 0.3) is 0 Å². The SMILES string of the molecule is C1#CC(OCC2CCC(COC3/C=C\CCCCC3)CC2)CCCCC1. The van der Waals surface area contributed by atoms with Gasteiger partial charge in [0.1, 0.15) is 6.10 Å². The maximum atomic E-state index is 6.24. The highest BCUT2D eigenvalue weighted by Crippen LogP contribution is 2.30. The maximum absolute atomic E-state index is 6.24. The summed E-state index contributed by atoms with van der Waals surface area (Å²) in [5, 5.41) is 0. The van der Waals surface area contributed by atoms with E-state index in [1.54, 1.807) is 0 Å². The van der Waals surface area contributed by atoms with E-state index in [0.29, 0.717) is 6.10 Å². The standard InChI is InChI=1S/C24H38O2/c1-3-7-11-23(12-8-4-1)25-19-21-15-17-22(18-16-21)20-26-24-13-9-5-2-6-10-14-24/h7,11,21-24H,1-6,8-9,12-13,15-20H2/b11-7-. The molecule has 0 heterocycles. The molecule has 0 bridgehead atoms. The monoisotopic (exact) mass is 358 g/mol. The topological polar surface area (TPSA) is 18.5 Å². The van der Waals surface area contributed by atoms with Crippen molar-refractivity contribution in [2.45, 2.75) is 102 Å². The fourth-order valence-corrected chi connectivity index (χ4v) is 4.45. The van der Waals surface area contributed by atoms with Gasteiger partial charge in [-0.25, -0.2) is 0 Å². The van der Waals surface area contributed by atoms with Gasteiger partial charge in [-0.1, -0.05) is 37.3 Å². The molecule has 0 amide bonds. The molecule has 0 aromatic heterocycles. The summed E-state index contributed by atoms with van der Waals surface area (Å²) in [6, 6.07) is 0. The Morgan fingerprint density at radius 2 is 1.46 bits per heavy atom. The molecule has 0 saturated heterocycles. The summed E-state index contributed by atoms with van der Waals surface area (Å²) in [6.45, 7) is 1.87. The molecule has 146 valence electrons. The molecular weight excluding hydrogens is 320 g/mol. The van der Waals surface area contributed by atoms with Crippen molar-refractivity contribution in [3.8, 4) is 11.8 Å². The van der Waals surface area contributed by atoms with E-state index >= 15 is 0 Å². The molecule has 0 spiro atoms. The Kier molecular flexibility index (Phi) is 9.09. The maximum Gasteiger partial charge on any atom is 0.118 e. The van der Waals surface area contributed by atoms with E-state index in [1.807, 2.05) is 0 Å². The van der Waals surface area contributed by atoms with Gasteiger partial charge in [0.15, 0.2) is 0 Å². The molecule has 0 aromatic rings. The predicted molar refractivity (Wildman–Crippen MR) is 108 cm³/mol. The van der Waals surface area contributed by atoms with Crippen molar-refractivity contribution in [1.82, 2.24) is 0 Å². The highest BCUT2D eigenvalue weighted by molar-refractivity contribution is 5.06. The van der Waals surface area contributed by atoms with E-state index in [1.165, 1.54) is 77.0 Å². The normalized spacial score (nSPS) is 34.5. The summed E-state index contributed by atoms with van der Waals surface area (Å²) in [4.78, 5) is 0. The molecule has 3 aliphatic rings. The van der Waals surface area contributed by atoms with E-state index in [2.05, 4.69) is 24.0 Å². The van der Waals surface area contributed by atoms with Crippen molar-refractivity contribution >= 4 is 0 Å². The molecule has 0 aromatic carbocycles.